The van der Waals surface area contributed by atoms with Crippen molar-refractivity contribution in [3.8, 4) is 0 Å². The van der Waals surface area contributed by atoms with Crippen molar-refractivity contribution in [1.29, 1.82) is 0 Å². The molecule has 224 valence electrons. The van der Waals surface area contributed by atoms with Crippen LogP contribution in [0.2, 0.25) is 0 Å². The highest BCUT2D eigenvalue weighted by Gasteiger charge is 2.34. The Labute approximate surface area is 245 Å². The molecule has 0 saturated heterocycles. The van der Waals surface area contributed by atoms with Crippen LogP contribution in [0.15, 0.2) is 72.8 Å². The molecular weight excluding hydrogens is 563 g/mol. The topological polar surface area (TPSA) is 130 Å². The number of sulfonamides is 1. The number of rotatable bonds is 13. The van der Waals surface area contributed by atoms with Crippen LogP contribution in [0.25, 0.3) is 0 Å². The second-order valence-electron chi connectivity index (χ2n) is 10.1. The summed E-state index contributed by atoms with van der Waals surface area (Å²) in [6.45, 7) is 4.19. The fraction of sp³-hybridized carbons (Fsp3) is 0.333. The molecule has 2 atom stereocenters. The summed E-state index contributed by atoms with van der Waals surface area (Å²) in [6, 6.07) is 17.2. The number of anilines is 1. The van der Waals surface area contributed by atoms with Gasteiger partial charge in [0, 0.05) is 36.7 Å². The molecule has 2 amide bonds. The number of carbonyl (C=O) groups is 2. The van der Waals surface area contributed by atoms with Crippen LogP contribution < -0.4 is 9.62 Å². The summed E-state index contributed by atoms with van der Waals surface area (Å²) >= 11 is 0. The van der Waals surface area contributed by atoms with E-state index in [1.165, 1.54) is 35.2 Å². The first-order valence-electron chi connectivity index (χ1n) is 13.4. The highest BCUT2D eigenvalue weighted by atomic mass is 32.2. The third-order valence-electron chi connectivity index (χ3n) is 6.92. The van der Waals surface area contributed by atoms with Crippen molar-refractivity contribution < 1.29 is 27.3 Å². The maximum atomic E-state index is 14.9. The van der Waals surface area contributed by atoms with Gasteiger partial charge in [-0.25, -0.2) is 12.8 Å². The van der Waals surface area contributed by atoms with E-state index in [0.29, 0.717) is 12.0 Å². The van der Waals surface area contributed by atoms with Crippen molar-refractivity contribution in [3.05, 3.63) is 105 Å². The minimum absolute atomic E-state index is 0.0467. The second-order valence-corrected chi connectivity index (χ2v) is 12.0. The van der Waals surface area contributed by atoms with E-state index in [-0.39, 0.29) is 35.9 Å². The summed E-state index contributed by atoms with van der Waals surface area (Å²) in [7, 11) is -4.13. The van der Waals surface area contributed by atoms with Crippen LogP contribution in [-0.2, 0) is 32.6 Å². The number of hydrogen-bond acceptors (Lipinski definition) is 6. The van der Waals surface area contributed by atoms with E-state index in [1.54, 1.807) is 37.3 Å². The van der Waals surface area contributed by atoms with E-state index in [1.807, 2.05) is 19.9 Å². The van der Waals surface area contributed by atoms with E-state index in [2.05, 4.69) is 5.32 Å². The van der Waals surface area contributed by atoms with E-state index in [4.69, 9.17) is 0 Å². The average molecular weight is 599 g/mol. The van der Waals surface area contributed by atoms with Gasteiger partial charge in [0.15, 0.2) is 0 Å². The van der Waals surface area contributed by atoms with E-state index >= 15 is 0 Å². The van der Waals surface area contributed by atoms with Crippen LogP contribution in [-0.4, -0.2) is 54.9 Å². The molecule has 0 aliphatic carbocycles. The normalized spacial score (nSPS) is 12.7. The molecular formula is C30H35FN4O6S. The number of nitro groups is 1. The van der Waals surface area contributed by atoms with Crippen molar-refractivity contribution >= 4 is 33.2 Å². The fourth-order valence-electron chi connectivity index (χ4n) is 4.38. The molecule has 1 N–H and O–H groups in total. The highest BCUT2D eigenvalue weighted by Crippen LogP contribution is 2.28. The van der Waals surface area contributed by atoms with Gasteiger partial charge in [-0.15, -0.1) is 0 Å². The van der Waals surface area contributed by atoms with Crippen LogP contribution in [0.4, 0.5) is 15.8 Å². The lowest BCUT2D eigenvalue weighted by Crippen LogP contribution is -2.54. The van der Waals surface area contributed by atoms with Gasteiger partial charge < -0.3 is 10.2 Å². The third-order valence-corrected chi connectivity index (χ3v) is 8.05. The summed E-state index contributed by atoms with van der Waals surface area (Å²) in [4.78, 5) is 39.7. The monoisotopic (exact) mass is 598 g/mol. The maximum absolute atomic E-state index is 14.9. The number of halogens is 1. The van der Waals surface area contributed by atoms with Gasteiger partial charge >= 0.3 is 0 Å². The molecule has 0 bridgehead atoms. The molecule has 0 spiro atoms. The highest BCUT2D eigenvalue weighted by molar-refractivity contribution is 7.92. The van der Waals surface area contributed by atoms with Gasteiger partial charge in [0.1, 0.15) is 18.4 Å². The number of benzene rings is 3. The first-order valence-corrected chi connectivity index (χ1v) is 15.3. The molecule has 0 aromatic heterocycles. The van der Waals surface area contributed by atoms with Gasteiger partial charge in [-0.3, -0.25) is 24.0 Å². The summed E-state index contributed by atoms with van der Waals surface area (Å²) in [5.74, 6) is -1.85. The summed E-state index contributed by atoms with van der Waals surface area (Å²) in [6.07, 6.45) is 1.59. The van der Waals surface area contributed by atoms with Crippen LogP contribution in [0.5, 0.6) is 0 Å². The quantitative estimate of drug-likeness (QED) is 0.230. The minimum Gasteiger partial charge on any atom is -0.352 e. The number of carbonyl (C=O) groups excluding carboxylic acids is 2. The first kappa shape index (κ1) is 32.2. The molecule has 0 unspecified atom stereocenters. The van der Waals surface area contributed by atoms with Crippen molar-refractivity contribution in [3.63, 3.8) is 0 Å². The molecule has 3 aromatic carbocycles. The number of aryl methyl sites for hydroxylation is 1. The predicted molar refractivity (Wildman–Crippen MR) is 159 cm³/mol. The zero-order chi connectivity index (χ0) is 31.0. The van der Waals surface area contributed by atoms with Crippen molar-refractivity contribution in [2.45, 2.75) is 52.2 Å². The number of nitrogens with zero attached hydrogens (tertiary/aromatic N) is 3. The molecule has 0 aliphatic rings. The Morgan fingerprint density at radius 2 is 1.69 bits per heavy atom. The lowest BCUT2D eigenvalue weighted by atomic mass is 10.0. The lowest BCUT2D eigenvalue weighted by Gasteiger charge is -2.34. The van der Waals surface area contributed by atoms with Crippen LogP contribution in [0, 0.1) is 22.9 Å². The third kappa shape index (κ3) is 8.35. The Morgan fingerprint density at radius 3 is 2.29 bits per heavy atom. The second kappa shape index (κ2) is 14.0. The maximum Gasteiger partial charge on any atom is 0.271 e. The van der Waals surface area contributed by atoms with Gasteiger partial charge in [-0.2, -0.15) is 0 Å². The molecule has 10 nitrogen and oxygen atoms in total. The van der Waals surface area contributed by atoms with Crippen LogP contribution in [0.3, 0.4) is 0 Å². The molecule has 12 heteroatoms. The molecule has 0 radical (unpaired) electrons. The minimum atomic E-state index is -4.13. The number of amides is 2. The van der Waals surface area contributed by atoms with E-state index in [0.717, 1.165) is 22.2 Å². The molecule has 0 fully saturated rings. The standard InChI is InChI=1S/C30H35FN4O6S/c1-5-22(3)32-30(37)28(17-23-11-7-6-8-12-23)33(19-24-13-9-10-14-26(24)31)29(36)20-34(42(4,40)41)27-18-25(35(38)39)16-15-21(27)2/h6-16,18,22,28H,5,17,19-20H2,1-4H3,(H,32,37)/t22-,28+/m0/s1. The summed E-state index contributed by atoms with van der Waals surface area (Å²) < 4.78 is 41.5. The molecule has 3 aromatic rings. The number of hydrogen-bond donors (Lipinski definition) is 1. The van der Waals surface area contributed by atoms with Crippen molar-refractivity contribution in [1.82, 2.24) is 10.2 Å². The SMILES string of the molecule is CC[C@H](C)NC(=O)[C@@H](Cc1ccccc1)N(Cc1ccccc1F)C(=O)CN(c1cc([N+](=O)[O-])ccc1C)S(C)(=O)=O. The zero-order valence-corrected chi connectivity index (χ0v) is 24.8. The Kier molecular flexibility index (Phi) is 10.8. The molecule has 0 saturated carbocycles. The Bertz CT molecular complexity index is 1530. The predicted octanol–water partition coefficient (Wildman–Crippen LogP) is 4.36. The van der Waals surface area contributed by atoms with E-state index in [9.17, 15) is 32.5 Å². The summed E-state index contributed by atoms with van der Waals surface area (Å²) in [5.41, 5.74) is 0.861. The molecule has 3 rings (SSSR count). The number of nitro benzene ring substituents is 1. The summed E-state index contributed by atoms with van der Waals surface area (Å²) in [5, 5.41) is 14.3. The van der Waals surface area contributed by atoms with Gasteiger partial charge in [-0.05, 0) is 37.5 Å². The zero-order valence-electron chi connectivity index (χ0n) is 24.0. The van der Waals surface area contributed by atoms with Gasteiger partial charge in [0.25, 0.3) is 5.69 Å². The smallest absolute Gasteiger partial charge is 0.271 e. The van der Waals surface area contributed by atoms with Crippen molar-refractivity contribution in [2.75, 3.05) is 17.1 Å². The van der Waals surface area contributed by atoms with Gasteiger partial charge in [0.05, 0.1) is 16.9 Å². The first-order chi connectivity index (χ1) is 19.8. The van der Waals surface area contributed by atoms with Gasteiger partial charge in [-0.1, -0.05) is 61.5 Å². The lowest BCUT2D eigenvalue weighted by molar-refractivity contribution is -0.384. The Balaban J connectivity index is 2.12. The van der Waals surface area contributed by atoms with Crippen LogP contribution in [0.1, 0.15) is 37.0 Å². The number of non-ortho nitro benzene ring substituents is 1. The van der Waals surface area contributed by atoms with E-state index < -0.39 is 45.2 Å². The molecule has 42 heavy (non-hydrogen) atoms. The van der Waals surface area contributed by atoms with Crippen molar-refractivity contribution in [2.24, 2.45) is 0 Å². The molecule has 0 heterocycles. The number of nitrogens with one attached hydrogen (secondary N) is 1. The largest absolute Gasteiger partial charge is 0.352 e. The van der Waals surface area contributed by atoms with Gasteiger partial charge in [0.2, 0.25) is 21.8 Å². The molecule has 0 aliphatic heterocycles. The Morgan fingerprint density at radius 1 is 1.05 bits per heavy atom. The Hall–Kier alpha value is -4.32. The van der Waals surface area contributed by atoms with Crippen LogP contribution >= 0.6 is 0 Å². The average Bonchev–Trinajstić information content (AvgIpc) is 2.94. The fourth-order valence-corrected chi connectivity index (χ4v) is 5.28.